The lowest BCUT2D eigenvalue weighted by molar-refractivity contribution is 0.288. The van der Waals surface area contributed by atoms with Gasteiger partial charge < -0.3 is 10.1 Å². The molecule has 1 N–H and O–H groups in total. The molecule has 0 saturated heterocycles. The lowest BCUT2D eigenvalue weighted by Gasteiger charge is -2.19. The predicted molar refractivity (Wildman–Crippen MR) is 82.3 cm³/mol. The van der Waals surface area contributed by atoms with Gasteiger partial charge in [-0.05, 0) is 18.8 Å². The lowest BCUT2D eigenvalue weighted by atomic mass is 9.96. The van der Waals surface area contributed by atoms with E-state index in [2.05, 4.69) is 43.0 Å². The Bertz CT molecular complexity index is 436. The number of hydrogen-bond donors (Lipinski definition) is 1. The maximum atomic E-state index is 5.82. The number of nitrogens with zero attached hydrogens (tertiary/aromatic N) is 2. The zero-order valence-electron chi connectivity index (χ0n) is 13.2. The molecule has 1 fully saturated rings. The molecule has 112 valence electrons. The van der Waals surface area contributed by atoms with Gasteiger partial charge in [0.1, 0.15) is 11.6 Å². The van der Waals surface area contributed by atoms with Gasteiger partial charge in [0.05, 0.1) is 6.61 Å². The molecule has 1 saturated carbocycles. The fraction of sp³-hybridized carbons (Fsp3) is 0.750. The van der Waals surface area contributed by atoms with Gasteiger partial charge in [0.25, 0.3) is 0 Å². The van der Waals surface area contributed by atoms with E-state index < -0.39 is 0 Å². The van der Waals surface area contributed by atoms with Crippen molar-refractivity contribution in [1.82, 2.24) is 9.97 Å². The van der Waals surface area contributed by atoms with Crippen LogP contribution in [0.1, 0.15) is 59.2 Å². The Balaban J connectivity index is 2.06. The van der Waals surface area contributed by atoms with Crippen LogP contribution in [0.2, 0.25) is 0 Å². The molecule has 0 aromatic carbocycles. The van der Waals surface area contributed by atoms with Crippen LogP contribution in [0.5, 0.6) is 5.88 Å². The van der Waals surface area contributed by atoms with Crippen LogP contribution in [0.25, 0.3) is 0 Å². The zero-order valence-corrected chi connectivity index (χ0v) is 13.2. The van der Waals surface area contributed by atoms with E-state index in [1.165, 1.54) is 12.8 Å². The van der Waals surface area contributed by atoms with E-state index in [1.807, 2.05) is 6.07 Å². The summed E-state index contributed by atoms with van der Waals surface area (Å²) in [6, 6.07) is 1.91. The molecule has 0 atom stereocenters. The molecule has 20 heavy (non-hydrogen) atoms. The first-order valence-corrected chi connectivity index (χ1v) is 7.75. The van der Waals surface area contributed by atoms with Gasteiger partial charge >= 0.3 is 0 Å². The Morgan fingerprint density at radius 1 is 1.30 bits per heavy atom. The molecule has 4 heteroatoms. The number of ether oxygens (including phenoxy) is 1. The van der Waals surface area contributed by atoms with Crippen LogP contribution in [0, 0.1) is 5.92 Å². The standard InChI is InChI=1S/C16H27N3O/c1-5-9-17-13-11-14(20-10-8-12-6-7-12)19-15(18-13)16(2,3)4/h11-12H,5-10H2,1-4H3,(H,17,18,19). The van der Waals surface area contributed by atoms with E-state index in [9.17, 15) is 0 Å². The van der Waals surface area contributed by atoms with E-state index >= 15 is 0 Å². The molecule has 1 heterocycles. The van der Waals surface area contributed by atoms with Crippen molar-refractivity contribution in [3.05, 3.63) is 11.9 Å². The van der Waals surface area contributed by atoms with Gasteiger partial charge in [0, 0.05) is 18.0 Å². The topological polar surface area (TPSA) is 47.0 Å². The summed E-state index contributed by atoms with van der Waals surface area (Å²) in [6.45, 7) is 10.2. The molecule has 0 aliphatic heterocycles. The largest absolute Gasteiger partial charge is 0.478 e. The second-order valence-corrected chi connectivity index (χ2v) is 6.67. The number of aromatic nitrogens is 2. The molecule has 0 amide bonds. The summed E-state index contributed by atoms with van der Waals surface area (Å²) < 4.78 is 5.82. The second kappa shape index (κ2) is 6.42. The molecule has 2 rings (SSSR count). The quantitative estimate of drug-likeness (QED) is 0.824. The smallest absolute Gasteiger partial charge is 0.218 e. The minimum atomic E-state index is -0.0709. The average molecular weight is 277 g/mol. The van der Waals surface area contributed by atoms with E-state index in [0.717, 1.165) is 43.6 Å². The highest BCUT2D eigenvalue weighted by Gasteiger charge is 2.22. The van der Waals surface area contributed by atoms with Crippen molar-refractivity contribution >= 4 is 5.82 Å². The minimum absolute atomic E-state index is 0.0709. The van der Waals surface area contributed by atoms with Crippen molar-refractivity contribution < 1.29 is 4.74 Å². The zero-order chi connectivity index (χ0) is 14.6. The van der Waals surface area contributed by atoms with Crippen molar-refractivity contribution in [1.29, 1.82) is 0 Å². The minimum Gasteiger partial charge on any atom is -0.478 e. The molecule has 1 aromatic heterocycles. The first-order chi connectivity index (χ1) is 9.49. The highest BCUT2D eigenvalue weighted by Crippen LogP contribution is 2.32. The normalized spacial score (nSPS) is 15.2. The molecule has 0 unspecified atom stereocenters. The van der Waals surface area contributed by atoms with Gasteiger partial charge in [-0.1, -0.05) is 40.5 Å². The highest BCUT2D eigenvalue weighted by atomic mass is 16.5. The van der Waals surface area contributed by atoms with Crippen molar-refractivity contribution in [2.75, 3.05) is 18.5 Å². The fourth-order valence-corrected chi connectivity index (χ4v) is 1.91. The summed E-state index contributed by atoms with van der Waals surface area (Å²) in [5, 5.41) is 3.33. The third kappa shape index (κ3) is 4.66. The first kappa shape index (κ1) is 15.1. The summed E-state index contributed by atoms with van der Waals surface area (Å²) in [6.07, 6.45) is 4.95. The maximum Gasteiger partial charge on any atom is 0.218 e. The third-order valence-corrected chi connectivity index (χ3v) is 3.40. The van der Waals surface area contributed by atoms with Crippen LogP contribution in [-0.4, -0.2) is 23.1 Å². The van der Waals surface area contributed by atoms with E-state index in [1.54, 1.807) is 0 Å². The Morgan fingerprint density at radius 2 is 2.05 bits per heavy atom. The second-order valence-electron chi connectivity index (χ2n) is 6.67. The number of anilines is 1. The van der Waals surface area contributed by atoms with Crippen molar-refractivity contribution in [3.63, 3.8) is 0 Å². The molecule has 0 bridgehead atoms. The van der Waals surface area contributed by atoms with Crippen LogP contribution in [0.15, 0.2) is 6.07 Å². The summed E-state index contributed by atoms with van der Waals surface area (Å²) >= 11 is 0. The first-order valence-electron chi connectivity index (χ1n) is 7.75. The Kier molecular flexibility index (Phi) is 4.84. The molecule has 1 aliphatic carbocycles. The van der Waals surface area contributed by atoms with Gasteiger partial charge in [-0.2, -0.15) is 4.98 Å². The molecular formula is C16H27N3O. The van der Waals surface area contributed by atoms with Gasteiger partial charge in [0.2, 0.25) is 5.88 Å². The summed E-state index contributed by atoms with van der Waals surface area (Å²) in [5.41, 5.74) is -0.0709. The summed E-state index contributed by atoms with van der Waals surface area (Å²) in [4.78, 5) is 9.15. The Hall–Kier alpha value is -1.32. The Morgan fingerprint density at radius 3 is 2.65 bits per heavy atom. The molecule has 1 aromatic rings. The van der Waals surface area contributed by atoms with Gasteiger partial charge in [-0.3, -0.25) is 0 Å². The van der Waals surface area contributed by atoms with Crippen LogP contribution >= 0.6 is 0 Å². The fourth-order valence-electron chi connectivity index (χ4n) is 1.91. The number of nitrogens with one attached hydrogen (secondary N) is 1. The van der Waals surface area contributed by atoms with E-state index in [-0.39, 0.29) is 5.41 Å². The third-order valence-electron chi connectivity index (χ3n) is 3.40. The van der Waals surface area contributed by atoms with Crippen molar-refractivity contribution in [2.45, 2.75) is 58.8 Å². The van der Waals surface area contributed by atoms with Gasteiger partial charge in [-0.25, -0.2) is 4.98 Å². The molecule has 4 nitrogen and oxygen atoms in total. The van der Waals surface area contributed by atoms with Gasteiger partial charge in [0.15, 0.2) is 0 Å². The summed E-state index contributed by atoms with van der Waals surface area (Å²) in [7, 11) is 0. The summed E-state index contributed by atoms with van der Waals surface area (Å²) in [5.74, 6) is 3.29. The number of rotatable bonds is 7. The van der Waals surface area contributed by atoms with Crippen LogP contribution < -0.4 is 10.1 Å². The molecule has 0 spiro atoms. The van der Waals surface area contributed by atoms with Crippen molar-refractivity contribution in [3.8, 4) is 5.88 Å². The van der Waals surface area contributed by atoms with Gasteiger partial charge in [-0.15, -0.1) is 0 Å². The maximum absolute atomic E-state index is 5.82. The van der Waals surface area contributed by atoms with E-state index in [4.69, 9.17) is 4.74 Å². The van der Waals surface area contributed by atoms with Crippen LogP contribution in [0.3, 0.4) is 0 Å². The predicted octanol–water partition coefficient (Wildman–Crippen LogP) is 3.77. The molecule has 0 radical (unpaired) electrons. The monoisotopic (exact) mass is 277 g/mol. The highest BCUT2D eigenvalue weighted by molar-refractivity contribution is 5.39. The molecule has 1 aliphatic rings. The van der Waals surface area contributed by atoms with Crippen LogP contribution in [-0.2, 0) is 5.41 Å². The Labute approximate surface area is 122 Å². The average Bonchev–Trinajstić information content (AvgIpc) is 3.19. The van der Waals surface area contributed by atoms with Crippen molar-refractivity contribution in [2.24, 2.45) is 5.92 Å². The van der Waals surface area contributed by atoms with E-state index in [0.29, 0.717) is 5.88 Å². The number of hydrogen-bond acceptors (Lipinski definition) is 4. The molecular weight excluding hydrogens is 250 g/mol. The van der Waals surface area contributed by atoms with Crippen LogP contribution in [0.4, 0.5) is 5.82 Å². The SMILES string of the molecule is CCCNc1cc(OCCC2CC2)nc(C(C)(C)C)n1. The lowest BCUT2D eigenvalue weighted by Crippen LogP contribution is -2.18.